The van der Waals surface area contributed by atoms with Crippen LogP contribution in [0.2, 0.25) is 10.4 Å². The van der Waals surface area contributed by atoms with E-state index in [1.807, 2.05) is 0 Å². The summed E-state index contributed by atoms with van der Waals surface area (Å²) in [5, 5.41) is 22.7. The number of alkyl halides is 1. The minimum Gasteiger partial charge on any atom is -0.382 e. The Morgan fingerprint density at radius 2 is 1.65 bits per heavy atom. The fourth-order valence-electron chi connectivity index (χ4n) is 4.57. The van der Waals surface area contributed by atoms with Gasteiger partial charge >= 0.3 is 0 Å². The van der Waals surface area contributed by atoms with Crippen LogP contribution in [0, 0.1) is 0 Å². The number of rotatable bonds is 6. The molecule has 1 aliphatic heterocycles. The molecule has 0 aliphatic carbocycles. The molecule has 3 heterocycles. The van der Waals surface area contributed by atoms with Crippen molar-refractivity contribution in [3.8, 4) is 0 Å². The van der Waals surface area contributed by atoms with Gasteiger partial charge in [-0.1, -0.05) is 72.3 Å². The summed E-state index contributed by atoms with van der Waals surface area (Å²) in [6.07, 6.45) is -5.27. The smallest absolute Gasteiger partial charge is 0.225 e. The fourth-order valence-corrected chi connectivity index (χ4v) is 4.99. The van der Waals surface area contributed by atoms with Crippen molar-refractivity contribution in [3.05, 3.63) is 88.6 Å². The Labute approximate surface area is 219 Å². The van der Waals surface area contributed by atoms with Crippen LogP contribution in [0.15, 0.2) is 67.0 Å². The molecule has 5 atom stereocenters. The molecule has 2 aromatic heterocycles. The number of Topliss-reactive ketones (excluding diaryl/α,β-unsaturated/α-hetero) is 2. The number of benzene rings is 2. The highest BCUT2D eigenvalue weighted by Gasteiger charge is 2.72. The Hall–Kier alpha value is -3.28. The van der Waals surface area contributed by atoms with Crippen molar-refractivity contribution in [3.63, 3.8) is 0 Å². The number of hydrogen-bond acceptors (Lipinski definition) is 8. The van der Waals surface area contributed by atoms with Crippen molar-refractivity contribution in [2.45, 2.75) is 36.6 Å². The molecular formula is C25H19Cl2FN4O5. The number of carbonyl (C=O) groups excluding carboxylic acids is 2. The van der Waals surface area contributed by atoms with Gasteiger partial charge in [-0.15, -0.1) is 0 Å². The summed E-state index contributed by atoms with van der Waals surface area (Å²) in [7, 11) is 0. The summed E-state index contributed by atoms with van der Waals surface area (Å²) in [5.74, 6) is -1.96. The second-order valence-corrected chi connectivity index (χ2v) is 9.42. The zero-order chi connectivity index (χ0) is 26.5. The van der Waals surface area contributed by atoms with Crippen molar-refractivity contribution in [2.24, 2.45) is 0 Å². The number of aliphatic hydroxyl groups is 2. The number of carbonyl (C=O) groups is 2. The zero-order valence-corrected chi connectivity index (χ0v) is 20.6. The molecule has 5 rings (SSSR count). The summed E-state index contributed by atoms with van der Waals surface area (Å²) < 4.78 is 23.4. The normalized spacial score (nSPS) is 26.3. The van der Waals surface area contributed by atoms with Crippen LogP contribution in [0.4, 0.5) is 4.39 Å². The number of ether oxygens (including phenoxy) is 1. The third kappa shape index (κ3) is 3.84. The van der Waals surface area contributed by atoms with Crippen molar-refractivity contribution in [2.75, 3.05) is 0 Å². The van der Waals surface area contributed by atoms with Gasteiger partial charge in [-0.3, -0.25) is 14.2 Å². The molecular weight excluding hydrogens is 526 g/mol. The molecule has 37 heavy (non-hydrogen) atoms. The summed E-state index contributed by atoms with van der Waals surface area (Å²) in [5.41, 5.74) is -5.41. The minimum absolute atomic E-state index is 0.0414. The average Bonchev–Trinajstić information content (AvgIpc) is 3.42. The Morgan fingerprint density at radius 3 is 2.27 bits per heavy atom. The van der Waals surface area contributed by atoms with E-state index in [1.54, 1.807) is 24.3 Å². The largest absolute Gasteiger partial charge is 0.382 e. The molecule has 2 N–H and O–H groups in total. The SMILES string of the molecule is C[C@]1(C(O)C(=O)c2ccccc2)O[C@@H](n2cnc3c(Cl)nc(Cl)nc32)[C@H](F)[C@@]1(O)C(=O)c1ccccc1. The quantitative estimate of drug-likeness (QED) is 0.214. The first kappa shape index (κ1) is 25.4. The van der Waals surface area contributed by atoms with Crippen molar-refractivity contribution in [1.29, 1.82) is 0 Å². The summed E-state index contributed by atoms with van der Waals surface area (Å²) in [4.78, 5) is 38.8. The van der Waals surface area contributed by atoms with Gasteiger partial charge in [0.25, 0.3) is 0 Å². The van der Waals surface area contributed by atoms with Crippen LogP contribution < -0.4 is 0 Å². The van der Waals surface area contributed by atoms with Gasteiger partial charge in [0.2, 0.25) is 11.1 Å². The van der Waals surface area contributed by atoms with Crippen LogP contribution in [0.25, 0.3) is 11.2 Å². The molecule has 0 amide bonds. The Kier molecular flexibility index (Phi) is 6.33. The van der Waals surface area contributed by atoms with Crippen molar-refractivity contribution < 1.29 is 28.9 Å². The highest BCUT2D eigenvalue weighted by atomic mass is 35.5. The summed E-state index contributed by atoms with van der Waals surface area (Å²) in [6, 6.07) is 15.2. The standard InChI is InChI=1S/C25H19Cl2FN4O5/c1-24(19(35)16(33)13-8-4-2-5-9-13)25(36,18(34)14-10-6-3-7-11-14)17(28)22(37-24)32-12-29-15-20(26)30-23(27)31-21(15)32/h2-12,17,19,22,35-36H,1H3/t17-,19?,22+,24+,25+/m0/s1. The number of hydrogen-bond donors (Lipinski definition) is 2. The predicted octanol–water partition coefficient (Wildman–Crippen LogP) is 3.62. The zero-order valence-electron chi connectivity index (χ0n) is 19.1. The Morgan fingerprint density at radius 1 is 1.05 bits per heavy atom. The molecule has 0 spiro atoms. The van der Waals surface area contributed by atoms with E-state index >= 15 is 4.39 Å². The maximum Gasteiger partial charge on any atom is 0.225 e. The fraction of sp³-hybridized carbons (Fsp3) is 0.240. The molecule has 1 unspecified atom stereocenters. The number of halogens is 3. The second kappa shape index (κ2) is 9.23. The molecule has 1 aliphatic rings. The van der Waals surface area contributed by atoms with E-state index in [0.29, 0.717) is 0 Å². The first-order chi connectivity index (χ1) is 17.6. The third-order valence-electron chi connectivity index (χ3n) is 6.61. The van der Waals surface area contributed by atoms with Crippen LogP contribution in [0.5, 0.6) is 0 Å². The highest BCUT2D eigenvalue weighted by Crippen LogP contribution is 2.50. The topological polar surface area (TPSA) is 127 Å². The molecule has 2 aromatic carbocycles. The number of fused-ring (bicyclic) bond motifs is 1. The summed E-state index contributed by atoms with van der Waals surface area (Å²) >= 11 is 12.0. The van der Waals surface area contributed by atoms with E-state index in [-0.39, 0.29) is 32.7 Å². The first-order valence-electron chi connectivity index (χ1n) is 11.1. The van der Waals surface area contributed by atoms with Gasteiger partial charge in [0.15, 0.2) is 34.6 Å². The van der Waals surface area contributed by atoms with Crippen LogP contribution in [0.1, 0.15) is 33.9 Å². The third-order valence-corrected chi connectivity index (χ3v) is 7.04. The molecule has 0 radical (unpaired) electrons. The van der Waals surface area contributed by atoms with E-state index in [2.05, 4.69) is 15.0 Å². The Bertz CT molecular complexity index is 1510. The lowest BCUT2D eigenvalue weighted by Crippen LogP contribution is -2.65. The molecule has 9 nitrogen and oxygen atoms in total. The van der Waals surface area contributed by atoms with Crippen LogP contribution >= 0.6 is 23.2 Å². The van der Waals surface area contributed by atoms with Crippen LogP contribution in [-0.2, 0) is 4.74 Å². The predicted molar refractivity (Wildman–Crippen MR) is 131 cm³/mol. The molecule has 1 saturated heterocycles. The number of ketones is 2. The van der Waals surface area contributed by atoms with Gasteiger partial charge in [0.05, 0.1) is 6.33 Å². The molecule has 0 bridgehead atoms. The van der Waals surface area contributed by atoms with Crippen LogP contribution in [0.3, 0.4) is 0 Å². The minimum atomic E-state index is -3.01. The lowest BCUT2D eigenvalue weighted by molar-refractivity contribution is -0.159. The van der Waals surface area contributed by atoms with Gasteiger partial charge in [0, 0.05) is 11.1 Å². The van der Waals surface area contributed by atoms with E-state index in [0.717, 1.165) is 17.8 Å². The monoisotopic (exact) mass is 544 g/mol. The molecule has 190 valence electrons. The van der Waals surface area contributed by atoms with Gasteiger partial charge in [-0.2, -0.15) is 4.98 Å². The first-order valence-corrected chi connectivity index (χ1v) is 11.8. The molecule has 0 saturated carbocycles. The van der Waals surface area contributed by atoms with Gasteiger partial charge in [-0.25, -0.2) is 14.4 Å². The lowest BCUT2D eigenvalue weighted by Gasteiger charge is -2.39. The maximum absolute atomic E-state index is 16.4. The molecule has 1 fully saturated rings. The van der Waals surface area contributed by atoms with Crippen molar-refractivity contribution in [1.82, 2.24) is 19.5 Å². The molecule has 4 aromatic rings. The van der Waals surface area contributed by atoms with Crippen LogP contribution in [-0.4, -0.2) is 64.8 Å². The van der Waals surface area contributed by atoms with E-state index < -0.39 is 41.3 Å². The van der Waals surface area contributed by atoms with E-state index in [1.165, 1.54) is 36.4 Å². The average molecular weight is 545 g/mol. The Balaban J connectivity index is 1.67. The van der Waals surface area contributed by atoms with Gasteiger partial charge < -0.3 is 14.9 Å². The number of nitrogens with zero attached hydrogens (tertiary/aromatic N) is 4. The van der Waals surface area contributed by atoms with E-state index in [4.69, 9.17) is 27.9 Å². The second-order valence-electron chi connectivity index (χ2n) is 8.72. The number of aromatic nitrogens is 4. The number of aliphatic hydroxyl groups excluding tert-OH is 1. The highest BCUT2D eigenvalue weighted by molar-refractivity contribution is 6.35. The van der Waals surface area contributed by atoms with Gasteiger partial charge in [-0.05, 0) is 18.5 Å². The number of imidazole rings is 1. The van der Waals surface area contributed by atoms with E-state index in [9.17, 15) is 19.8 Å². The lowest BCUT2D eigenvalue weighted by atomic mass is 9.72. The maximum atomic E-state index is 16.4. The van der Waals surface area contributed by atoms with Gasteiger partial charge in [0.1, 0.15) is 17.2 Å². The van der Waals surface area contributed by atoms with Crippen molar-refractivity contribution >= 4 is 45.9 Å². The summed E-state index contributed by atoms with van der Waals surface area (Å²) in [6.45, 7) is 1.11. The molecule has 12 heteroatoms.